The van der Waals surface area contributed by atoms with E-state index in [0.717, 1.165) is 13.0 Å². The van der Waals surface area contributed by atoms with E-state index in [1.807, 2.05) is 24.3 Å². The molecule has 1 aromatic rings. The summed E-state index contributed by atoms with van der Waals surface area (Å²) >= 11 is 1.74. The molecule has 0 aliphatic carbocycles. The van der Waals surface area contributed by atoms with Crippen LogP contribution in [0.1, 0.15) is 24.3 Å². The molecule has 5 heteroatoms. The lowest BCUT2D eigenvalue weighted by atomic mass is 10.1. The Balaban J connectivity index is 1.80. The van der Waals surface area contributed by atoms with Crippen LogP contribution in [-0.2, 0) is 4.79 Å². The summed E-state index contributed by atoms with van der Waals surface area (Å²) in [6.45, 7) is 2.74. The normalized spacial score (nSPS) is 27.7. The number of fused-ring (bicyclic) bond motifs is 1. The lowest BCUT2D eigenvalue weighted by Gasteiger charge is -2.30. The number of hydrogen-bond donors (Lipinski definition) is 1. The van der Waals surface area contributed by atoms with Crippen LogP contribution < -0.4 is 5.43 Å². The molecule has 2 unspecified atom stereocenters. The zero-order valence-corrected chi connectivity index (χ0v) is 10.5. The summed E-state index contributed by atoms with van der Waals surface area (Å²) in [6, 6.07) is 4.39. The van der Waals surface area contributed by atoms with Crippen molar-refractivity contribution in [1.82, 2.24) is 15.3 Å². The zero-order chi connectivity index (χ0) is 11.8. The maximum absolute atomic E-state index is 12.1. The van der Waals surface area contributed by atoms with Gasteiger partial charge in [0.05, 0.1) is 6.04 Å². The molecule has 90 valence electrons. The molecule has 0 saturated carbocycles. The molecule has 1 aromatic heterocycles. The fraction of sp³-hybridized carbons (Fsp3) is 0.417. The van der Waals surface area contributed by atoms with Gasteiger partial charge in [-0.3, -0.25) is 4.79 Å². The minimum Gasteiger partial charge on any atom is -0.316 e. The Bertz CT molecular complexity index is 443. The van der Waals surface area contributed by atoms with Gasteiger partial charge >= 0.3 is 0 Å². The quantitative estimate of drug-likeness (QED) is 0.866. The fourth-order valence-electron chi connectivity index (χ4n) is 2.37. The summed E-state index contributed by atoms with van der Waals surface area (Å²) in [7, 11) is 0. The number of rotatable bonds is 2. The van der Waals surface area contributed by atoms with E-state index in [9.17, 15) is 4.79 Å². The third-order valence-corrected chi connectivity index (χ3v) is 4.29. The van der Waals surface area contributed by atoms with Gasteiger partial charge in [-0.25, -0.2) is 5.43 Å². The zero-order valence-electron chi connectivity index (χ0n) is 9.67. The average molecular weight is 249 g/mol. The maximum Gasteiger partial charge on any atom is 0.250 e. The van der Waals surface area contributed by atoms with E-state index in [4.69, 9.17) is 0 Å². The number of hydrazine groups is 1. The van der Waals surface area contributed by atoms with Crippen LogP contribution in [0.2, 0.25) is 0 Å². The van der Waals surface area contributed by atoms with Crippen molar-refractivity contribution in [2.24, 2.45) is 0 Å². The number of nitrogens with zero attached hydrogens (tertiary/aromatic N) is 2. The SMILES string of the molecule is CCN1C=CN2NC(c3cccs3)CC2C1=O. The molecule has 1 N–H and O–H groups in total. The topological polar surface area (TPSA) is 35.6 Å². The van der Waals surface area contributed by atoms with Gasteiger partial charge in [0.1, 0.15) is 6.04 Å². The van der Waals surface area contributed by atoms with Crippen molar-refractivity contribution in [3.8, 4) is 0 Å². The Kier molecular flexibility index (Phi) is 2.64. The van der Waals surface area contributed by atoms with Crippen LogP contribution in [0.15, 0.2) is 29.9 Å². The summed E-state index contributed by atoms with van der Waals surface area (Å²) in [5.74, 6) is 0.196. The first kappa shape index (κ1) is 10.8. The molecule has 2 aliphatic heterocycles. The minimum atomic E-state index is -0.0490. The smallest absolute Gasteiger partial charge is 0.250 e. The van der Waals surface area contributed by atoms with E-state index < -0.39 is 0 Å². The Morgan fingerprint density at radius 1 is 1.53 bits per heavy atom. The molecule has 3 heterocycles. The average Bonchev–Trinajstić information content (AvgIpc) is 2.98. The van der Waals surface area contributed by atoms with Crippen LogP contribution in [0.5, 0.6) is 0 Å². The lowest BCUT2D eigenvalue weighted by molar-refractivity contribution is -0.134. The molecule has 0 aromatic carbocycles. The summed E-state index contributed by atoms with van der Waals surface area (Å²) in [5.41, 5.74) is 3.38. The summed E-state index contributed by atoms with van der Waals surface area (Å²) in [6.07, 6.45) is 4.66. The van der Waals surface area contributed by atoms with Gasteiger partial charge in [-0.2, -0.15) is 0 Å². The maximum atomic E-state index is 12.1. The van der Waals surface area contributed by atoms with Crippen molar-refractivity contribution in [3.05, 3.63) is 34.8 Å². The highest BCUT2D eigenvalue weighted by Crippen LogP contribution is 2.32. The van der Waals surface area contributed by atoms with Crippen LogP contribution in [0.3, 0.4) is 0 Å². The van der Waals surface area contributed by atoms with Gasteiger partial charge in [0.15, 0.2) is 0 Å². The predicted molar refractivity (Wildman–Crippen MR) is 67.0 cm³/mol. The second kappa shape index (κ2) is 4.16. The fourth-order valence-corrected chi connectivity index (χ4v) is 3.16. The van der Waals surface area contributed by atoms with Crippen molar-refractivity contribution in [2.75, 3.05) is 6.54 Å². The summed E-state index contributed by atoms with van der Waals surface area (Å²) < 4.78 is 0. The monoisotopic (exact) mass is 249 g/mol. The lowest BCUT2D eigenvalue weighted by Crippen LogP contribution is -2.47. The van der Waals surface area contributed by atoms with Gasteiger partial charge in [-0.1, -0.05) is 6.07 Å². The van der Waals surface area contributed by atoms with E-state index in [-0.39, 0.29) is 18.0 Å². The molecule has 3 rings (SSSR count). The third-order valence-electron chi connectivity index (χ3n) is 3.30. The summed E-state index contributed by atoms with van der Waals surface area (Å²) in [5, 5.41) is 4.02. The molecule has 1 fully saturated rings. The number of likely N-dealkylation sites (N-methyl/N-ethyl adjacent to an activating group) is 1. The number of carbonyl (C=O) groups excluding carboxylic acids is 1. The minimum absolute atomic E-state index is 0.0490. The van der Waals surface area contributed by atoms with Crippen molar-refractivity contribution in [2.45, 2.75) is 25.4 Å². The first-order chi connectivity index (χ1) is 8.29. The number of carbonyl (C=O) groups is 1. The Labute approximate surface area is 104 Å². The molecular formula is C12H15N3OS. The second-order valence-electron chi connectivity index (χ2n) is 4.28. The predicted octanol–water partition coefficient (Wildman–Crippen LogP) is 1.70. The van der Waals surface area contributed by atoms with E-state index >= 15 is 0 Å². The molecule has 2 aliphatic rings. The van der Waals surface area contributed by atoms with Crippen molar-refractivity contribution in [3.63, 3.8) is 0 Å². The molecule has 2 atom stereocenters. The number of thiophene rings is 1. The van der Waals surface area contributed by atoms with Gasteiger partial charge in [-0.15, -0.1) is 11.3 Å². The van der Waals surface area contributed by atoms with Crippen molar-refractivity contribution < 1.29 is 4.79 Å². The number of hydrogen-bond acceptors (Lipinski definition) is 4. The van der Waals surface area contributed by atoms with Crippen molar-refractivity contribution >= 4 is 17.2 Å². The second-order valence-corrected chi connectivity index (χ2v) is 5.26. The summed E-state index contributed by atoms with van der Waals surface area (Å²) in [4.78, 5) is 15.2. The number of amides is 1. The van der Waals surface area contributed by atoms with Crippen LogP contribution in [0, 0.1) is 0 Å². The van der Waals surface area contributed by atoms with Crippen LogP contribution >= 0.6 is 11.3 Å². The Morgan fingerprint density at radius 2 is 2.41 bits per heavy atom. The molecule has 0 radical (unpaired) electrons. The van der Waals surface area contributed by atoms with Gasteiger partial charge < -0.3 is 9.91 Å². The molecule has 4 nitrogen and oxygen atoms in total. The van der Waals surface area contributed by atoms with Crippen LogP contribution in [-0.4, -0.2) is 28.4 Å². The van der Waals surface area contributed by atoms with E-state index in [0.29, 0.717) is 0 Å². The molecule has 17 heavy (non-hydrogen) atoms. The molecule has 1 saturated heterocycles. The van der Waals surface area contributed by atoms with Crippen molar-refractivity contribution in [1.29, 1.82) is 0 Å². The Morgan fingerprint density at radius 3 is 3.12 bits per heavy atom. The molecule has 1 amide bonds. The first-order valence-electron chi connectivity index (χ1n) is 5.86. The Hall–Kier alpha value is -1.33. The van der Waals surface area contributed by atoms with E-state index in [1.54, 1.807) is 16.2 Å². The molecular weight excluding hydrogens is 234 g/mol. The highest BCUT2D eigenvalue weighted by molar-refractivity contribution is 7.10. The van der Waals surface area contributed by atoms with Gasteiger partial charge in [0.2, 0.25) is 0 Å². The highest BCUT2D eigenvalue weighted by Gasteiger charge is 2.39. The van der Waals surface area contributed by atoms with Crippen LogP contribution in [0.25, 0.3) is 0 Å². The standard InChI is InChI=1S/C12H15N3OS/c1-2-14-5-6-15-10(12(14)16)8-9(13-15)11-4-3-7-17-11/h3-7,9-10,13H,2,8H2,1H3. The van der Waals surface area contributed by atoms with Crippen LogP contribution in [0.4, 0.5) is 0 Å². The van der Waals surface area contributed by atoms with E-state index in [2.05, 4.69) is 22.9 Å². The van der Waals surface area contributed by atoms with Gasteiger partial charge in [0.25, 0.3) is 5.91 Å². The highest BCUT2D eigenvalue weighted by atomic mass is 32.1. The van der Waals surface area contributed by atoms with Gasteiger partial charge in [0, 0.05) is 30.2 Å². The number of nitrogens with one attached hydrogen (secondary N) is 1. The van der Waals surface area contributed by atoms with Gasteiger partial charge in [-0.05, 0) is 18.4 Å². The largest absolute Gasteiger partial charge is 0.316 e. The third kappa shape index (κ3) is 1.75. The first-order valence-corrected chi connectivity index (χ1v) is 6.74. The molecule has 0 bridgehead atoms. The molecule has 0 spiro atoms. The van der Waals surface area contributed by atoms with E-state index in [1.165, 1.54) is 4.88 Å².